The van der Waals surface area contributed by atoms with E-state index < -0.39 is 0 Å². The maximum atomic E-state index is 5.60. The summed E-state index contributed by atoms with van der Waals surface area (Å²) in [6.45, 7) is 4.33. The van der Waals surface area contributed by atoms with Crippen LogP contribution in [0.3, 0.4) is 0 Å². The Bertz CT molecular complexity index is 544. The summed E-state index contributed by atoms with van der Waals surface area (Å²) >= 11 is 0. The molecule has 94 valence electrons. The molecule has 6 heteroatoms. The topological polar surface area (TPSA) is 86.0 Å². The third-order valence-corrected chi connectivity index (χ3v) is 2.30. The Labute approximate surface area is 105 Å². The number of para-hydroxylation sites is 1. The van der Waals surface area contributed by atoms with Gasteiger partial charge in [0.1, 0.15) is 0 Å². The van der Waals surface area contributed by atoms with E-state index in [2.05, 4.69) is 20.3 Å². The molecule has 0 spiro atoms. The minimum Gasteiger partial charge on any atom is -0.464 e. The van der Waals surface area contributed by atoms with E-state index in [-0.39, 0.29) is 12.0 Å². The average molecular weight is 245 g/mol. The molecular weight excluding hydrogens is 230 g/mol. The molecule has 1 heterocycles. The summed E-state index contributed by atoms with van der Waals surface area (Å²) in [5, 5.41) is 3.09. The Kier molecular flexibility index (Phi) is 3.57. The second-order valence-corrected chi connectivity index (χ2v) is 3.67. The van der Waals surface area contributed by atoms with Crippen LogP contribution in [0.2, 0.25) is 0 Å². The summed E-state index contributed by atoms with van der Waals surface area (Å²) < 4.78 is 5.21. The summed E-state index contributed by atoms with van der Waals surface area (Å²) in [6.07, 6.45) is 0. The molecule has 0 saturated heterocycles. The van der Waals surface area contributed by atoms with E-state index in [1.807, 2.05) is 38.1 Å². The first-order chi connectivity index (χ1) is 8.69. The highest BCUT2D eigenvalue weighted by Gasteiger charge is 2.06. The molecule has 1 aromatic carbocycles. The van der Waals surface area contributed by atoms with E-state index in [1.54, 1.807) is 0 Å². The molecule has 0 aliphatic rings. The van der Waals surface area contributed by atoms with Gasteiger partial charge in [-0.15, -0.1) is 0 Å². The molecular formula is C12H15N5O. The molecule has 1 aromatic heterocycles. The summed E-state index contributed by atoms with van der Waals surface area (Å²) in [5.41, 5.74) is 7.61. The molecule has 0 unspecified atom stereocenters. The molecule has 18 heavy (non-hydrogen) atoms. The number of hydrogen-bond donors (Lipinski definition) is 2. The molecule has 2 aromatic rings. The summed E-state index contributed by atoms with van der Waals surface area (Å²) in [5.74, 6) is 0.504. The fourth-order valence-electron chi connectivity index (χ4n) is 1.46. The van der Waals surface area contributed by atoms with Gasteiger partial charge in [-0.2, -0.15) is 15.0 Å². The number of nitrogens with two attached hydrogens (primary N) is 1. The number of ether oxygens (including phenoxy) is 1. The van der Waals surface area contributed by atoms with Crippen LogP contribution in [0.5, 0.6) is 6.01 Å². The van der Waals surface area contributed by atoms with E-state index in [0.717, 1.165) is 11.3 Å². The summed E-state index contributed by atoms with van der Waals surface area (Å²) in [4.78, 5) is 12.0. The second-order valence-electron chi connectivity index (χ2n) is 3.67. The van der Waals surface area contributed by atoms with Crippen LogP contribution in [0, 0.1) is 6.92 Å². The van der Waals surface area contributed by atoms with Crippen LogP contribution in [-0.2, 0) is 0 Å². The van der Waals surface area contributed by atoms with Crippen LogP contribution in [0.4, 0.5) is 17.6 Å². The van der Waals surface area contributed by atoms with Gasteiger partial charge in [0, 0.05) is 5.69 Å². The Morgan fingerprint density at radius 3 is 2.72 bits per heavy atom. The lowest BCUT2D eigenvalue weighted by molar-refractivity contribution is 0.312. The van der Waals surface area contributed by atoms with Crippen molar-refractivity contribution in [2.24, 2.45) is 0 Å². The number of nitrogen functional groups attached to an aromatic ring is 1. The van der Waals surface area contributed by atoms with Crippen LogP contribution in [0.1, 0.15) is 12.5 Å². The molecule has 0 aliphatic heterocycles. The van der Waals surface area contributed by atoms with Crippen LogP contribution in [-0.4, -0.2) is 21.6 Å². The fraction of sp³-hybridized carbons (Fsp3) is 0.250. The monoisotopic (exact) mass is 245 g/mol. The summed E-state index contributed by atoms with van der Waals surface area (Å²) in [6, 6.07) is 8.06. The van der Waals surface area contributed by atoms with E-state index in [0.29, 0.717) is 12.6 Å². The van der Waals surface area contributed by atoms with Crippen LogP contribution < -0.4 is 15.8 Å². The molecule has 0 bridgehead atoms. The molecule has 0 amide bonds. The zero-order valence-corrected chi connectivity index (χ0v) is 10.3. The van der Waals surface area contributed by atoms with Crippen molar-refractivity contribution in [3.63, 3.8) is 0 Å². The molecule has 0 aliphatic carbocycles. The second kappa shape index (κ2) is 5.31. The van der Waals surface area contributed by atoms with Crippen molar-refractivity contribution < 1.29 is 4.74 Å². The zero-order valence-electron chi connectivity index (χ0n) is 10.3. The molecule has 2 rings (SSSR count). The van der Waals surface area contributed by atoms with Gasteiger partial charge in [0.05, 0.1) is 6.61 Å². The van der Waals surface area contributed by atoms with Gasteiger partial charge in [0.15, 0.2) is 0 Å². The van der Waals surface area contributed by atoms with Crippen molar-refractivity contribution in [1.82, 2.24) is 15.0 Å². The van der Waals surface area contributed by atoms with Gasteiger partial charge < -0.3 is 15.8 Å². The molecule has 6 nitrogen and oxygen atoms in total. The van der Waals surface area contributed by atoms with Gasteiger partial charge in [-0.25, -0.2) is 0 Å². The molecule has 0 atom stereocenters. The van der Waals surface area contributed by atoms with Gasteiger partial charge in [-0.05, 0) is 25.5 Å². The van der Waals surface area contributed by atoms with E-state index in [9.17, 15) is 0 Å². The lowest BCUT2D eigenvalue weighted by Gasteiger charge is -2.09. The lowest BCUT2D eigenvalue weighted by Crippen LogP contribution is -2.07. The number of hydrogen-bond acceptors (Lipinski definition) is 6. The predicted molar refractivity (Wildman–Crippen MR) is 69.9 cm³/mol. The van der Waals surface area contributed by atoms with Crippen molar-refractivity contribution in [3.8, 4) is 6.01 Å². The highest BCUT2D eigenvalue weighted by molar-refractivity contribution is 5.58. The molecule has 0 fully saturated rings. The first-order valence-corrected chi connectivity index (χ1v) is 5.66. The maximum Gasteiger partial charge on any atom is 0.323 e. The highest BCUT2D eigenvalue weighted by Crippen LogP contribution is 2.18. The van der Waals surface area contributed by atoms with Gasteiger partial charge >= 0.3 is 6.01 Å². The Balaban J connectivity index is 2.26. The Morgan fingerprint density at radius 2 is 2.00 bits per heavy atom. The Hall–Kier alpha value is -2.37. The largest absolute Gasteiger partial charge is 0.464 e. The van der Waals surface area contributed by atoms with Gasteiger partial charge in [0.2, 0.25) is 11.9 Å². The number of aromatic nitrogens is 3. The van der Waals surface area contributed by atoms with Crippen LogP contribution in [0.25, 0.3) is 0 Å². The fourth-order valence-corrected chi connectivity index (χ4v) is 1.46. The van der Waals surface area contributed by atoms with Crippen molar-refractivity contribution in [3.05, 3.63) is 29.8 Å². The van der Waals surface area contributed by atoms with Crippen molar-refractivity contribution in [1.29, 1.82) is 0 Å². The van der Waals surface area contributed by atoms with E-state index >= 15 is 0 Å². The smallest absolute Gasteiger partial charge is 0.323 e. The third kappa shape index (κ3) is 2.85. The number of nitrogens with zero attached hydrogens (tertiary/aromatic N) is 3. The van der Waals surface area contributed by atoms with Crippen molar-refractivity contribution in [2.75, 3.05) is 17.7 Å². The van der Waals surface area contributed by atoms with Gasteiger partial charge in [0.25, 0.3) is 0 Å². The van der Waals surface area contributed by atoms with E-state index in [1.165, 1.54) is 0 Å². The van der Waals surface area contributed by atoms with Gasteiger partial charge in [-0.3, -0.25) is 0 Å². The third-order valence-electron chi connectivity index (χ3n) is 2.30. The Morgan fingerprint density at radius 1 is 1.22 bits per heavy atom. The minimum absolute atomic E-state index is 0.129. The predicted octanol–water partition coefficient (Wildman–Crippen LogP) is 1.90. The SMILES string of the molecule is CCOc1nc(N)nc(Nc2ccccc2C)n1. The minimum atomic E-state index is 0.129. The standard InChI is InChI=1S/C12H15N5O/c1-3-18-12-16-10(13)15-11(17-12)14-9-7-5-4-6-8(9)2/h4-7H,3H2,1-2H3,(H3,13,14,15,16,17). The quantitative estimate of drug-likeness (QED) is 0.855. The first-order valence-electron chi connectivity index (χ1n) is 5.66. The number of rotatable bonds is 4. The molecule has 0 radical (unpaired) electrons. The van der Waals surface area contributed by atoms with Gasteiger partial charge in [-0.1, -0.05) is 18.2 Å². The normalized spacial score (nSPS) is 10.1. The van der Waals surface area contributed by atoms with Crippen LogP contribution >= 0.6 is 0 Å². The van der Waals surface area contributed by atoms with Crippen molar-refractivity contribution in [2.45, 2.75) is 13.8 Å². The number of aryl methyl sites for hydroxylation is 1. The zero-order chi connectivity index (χ0) is 13.0. The molecule has 3 N–H and O–H groups in total. The van der Waals surface area contributed by atoms with E-state index in [4.69, 9.17) is 10.5 Å². The number of nitrogens with one attached hydrogen (secondary N) is 1. The van der Waals surface area contributed by atoms with Crippen molar-refractivity contribution >= 4 is 17.6 Å². The lowest BCUT2D eigenvalue weighted by atomic mass is 10.2. The average Bonchev–Trinajstić information content (AvgIpc) is 2.32. The molecule has 0 saturated carbocycles. The summed E-state index contributed by atoms with van der Waals surface area (Å²) in [7, 11) is 0. The number of benzene rings is 1. The van der Waals surface area contributed by atoms with Crippen LogP contribution in [0.15, 0.2) is 24.3 Å². The highest BCUT2D eigenvalue weighted by atomic mass is 16.5. The maximum absolute atomic E-state index is 5.60. The number of anilines is 3. The first kappa shape index (κ1) is 12.1.